The number of anilines is 1. The summed E-state index contributed by atoms with van der Waals surface area (Å²) in [5.41, 5.74) is 2.97. The first-order valence-corrected chi connectivity index (χ1v) is 10.2. The molecule has 7 heteroatoms. The van der Waals surface area contributed by atoms with Crippen LogP contribution in [0.2, 0.25) is 0 Å². The van der Waals surface area contributed by atoms with Crippen molar-refractivity contribution in [3.63, 3.8) is 0 Å². The van der Waals surface area contributed by atoms with Gasteiger partial charge in [-0.2, -0.15) is 0 Å². The highest BCUT2D eigenvalue weighted by molar-refractivity contribution is 5.74. The molecule has 0 spiro atoms. The number of ether oxygens (including phenoxy) is 1. The van der Waals surface area contributed by atoms with Crippen molar-refractivity contribution in [3.8, 4) is 0 Å². The third-order valence-electron chi connectivity index (χ3n) is 5.48. The van der Waals surface area contributed by atoms with E-state index in [1.165, 1.54) is 0 Å². The minimum atomic E-state index is 0.421. The highest BCUT2D eigenvalue weighted by Crippen LogP contribution is 2.23. The molecule has 3 aromatic rings. The van der Waals surface area contributed by atoms with Gasteiger partial charge in [-0.15, -0.1) is 0 Å². The number of furan rings is 1. The normalized spacial score (nSPS) is 16.1. The van der Waals surface area contributed by atoms with Gasteiger partial charge in [0.15, 0.2) is 5.65 Å². The predicted octanol–water partition coefficient (Wildman–Crippen LogP) is 3.29. The number of aromatic nitrogens is 3. The Hall–Kier alpha value is -2.38. The van der Waals surface area contributed by atoms with Crippen LogP contribution in [0.25, 0.3) is 11.2 Å². The zero-order valence-corrected chi connectivity index (χ0v) is 16.7. The van der Waals surface area contributed by atoms with Crippen LogP contribution in [0.15, 0.2) is 35.1 Å². The van der Waals surface area contributed by atoms with Gasteiger partial charge in [0, 0.05) is 44.0 Å². The largest absolute Gasteiger partial charge is 0.469 e. The van der Waals surface area contributed by atoms with Crippen molar-refractivity contribution < 1.29 is 9.15 Å². The van der Waals surface area contributed by atoms with Gasteiger partial charge in [0.05, 0.1) is 19.4 Å². The van der Waals surface area contributed by atoms with Gasteiger partial charge >= 0.3 is 0 Å². The average molecular weight is 383 g/mol. The molecule has 0 radical (unpaired) electrons. The summed E-state index contributed by atoms with van der Waals surface area (Å²) in [5.74, 6) is 1.83. The molecule has 1 saturated heterocycles. The molecule has 1 aliphatic rings. The lowest BCUT2D eigenvalue weighted by molar-refractivity contribution is 0.103. The Bertz CT molecular complexity index is 895. The number of rotatable bonds is 8. The Balaban J connectivity index is 1.47. The third-order valence-corrected chi connectivity index (χ3v) is 5.48. The van der Waals surface area contributed by atoms with Crippen molar-refractivity contribution in [2.75, 3.05) is 38.2 Å². The lowest BCUT2D eigenvalue weighted by Crippen LogP contribution is -2.41. The molecular weight excluding hydrogens is 354 g/mol. The molecule has 1 N–H and O–H groups in total. The number of imidazole rings is 1. The maximum Gasteiger partial charge on any atom is 0.205 e. The van der Waals surface area contributed by atoms with Crippen LogP contribution in [0.3, 0.4) is 0 Å². The van der Waals surface area contributed by atoms with Crippen LogP contribution in [-0.2, 0) is 11.3 Å². The van der Waals surface area contributed by atoms with Gasteiger partial charge in [0.25, 0.3) is 0 Å². The van der Waals surface area contributed by atoms with Gasteiger partial charge in [-0.3, -0.25) is 4.57 Å². The lowest BCUT2D eigenvalue weighted by Gasteiger charge is -2.32. The minimum absolute atomic E-state index is 0.421. The van der Waals surface area contributed by atoms with Gasteiger partial charge in [-0.05, 0) is 44.9 Å². The Kier molecular flexibility index (Phi) is 5.92. The Morgan fingerprint density at radius 1 is 1.29 bits per heavy atom. The molecule has 28 heavy (non-hydrogen) atoms. The molecule has 0 unspecified atom stereocenters. The van der Waals surface area contributed by atoms with Gasteiger partial charge < -0.3 is 19.4 Å². The number of aryl methyl sites for hydroxylation is 1. The molecule has 1 fully saturated rings. The first-order chi connectivity index (χ1) is 13.7. The van der Waals surface area contributed by atoms with Crippen LogP contribution in [0.5, 0.6) is 0 Å². The summed E-state index contributed by atoms with van der Waals surface area (Å²) in [7, 11) is 0. The van der Waals surface area contributed by atoms with E-state index in [2.05, 4.69) is 19.8 Å². The number of hydrogen-bond acceptors (Lipinski definition) is 6. The molecule has 0 atom stereocenters. The van der Waals surface area contributed by atoms with E-state index in [1.807, 2.05) is 38.2 Å². The maximum atomic E-state index is 5.48. The van der Waals surface area contributed by atoms with E-state index in [-0.39, 0.29) is 0 Å². The average Bonchev–Trinajstić information content (AvgIpc) is 3.27. The number of pyridine rings is 1. The highest BCUT2D eigenvalue weighted by atomic mass is 16.5. The minimum Gasteiger partial charge on any atom is -0.469 e. The molecule has 0 bridgehead atoms. The fraction of sp³-hybridized carbons (Fsp3) is 0.524. The molecule has 0 amide bonds. The lowest BCUT2D eigenvalue weighted by atomic mass is 10.1. The molecule has 7 nitrogen and oxygen atoms in total. The van der Waals surface area contributed by atoms with Gasteiger partial charge in [0.1, 0.15) is 11.3 Å². The Labute approximate surface area is 165 Å². The maximum absolute atomic E-state index is 5.48. The number of likely N-dealkylation sites (tertiary alicyclic amines) is 1. The zero-order valence-electron chi connectivity index (χ0n) is 16.7. The Morgan fingerprint density at radius 3 is 2.89 bits per heavy atom. The van der Waals surface area contributed by atoms with Gasteiger partial charge in [-0.25, -0.2) is 9.97 Å². The number of nitrogens with one attached hydrogen (secondary N) is 1. The summed E-state index contributed by atoms with van der Waals surface area (Å²) in [6.07, 6.45) is 5.77. The standard InChI is InChI=1S/C21H29N5O2/c1-3-27-14-12-25-10-6-18(7-11-25)23-21-24-19-5-4-9-22-20(19)26(21)15-17-8-13-28-16(17)2/h4-5,8-9,13,18H,3,6-7,10-12,14-15H2,1-2H3,(H,23,24). The first kappa shape index (κ1) is 19.0. The van der Waals surface area contributed by atoms with Gasteiger partial charge in [0.2, 0.25) is 5.95 Å². The van der Waals surface area contributed by atoms with Crippen LogP contribution in [0.4, 0.5) is 5.95 Å². The van der Waals surface area contributed by atoms with E-state index < -0.39 is 0 Å². The molecule has 4 heterocycles. The summed E-state index contributed by atoms with van der Waals surface area (Å²) >= 11 is 0. The predicted molar refractivity (Wildman–Crippen MR) is 110 cm³/mol. The second-order valence-electron chi connectivity index (χ2n) is 7.33. The van der Waals surface area contributed by atoms with E-state index in [0.29, 0.717) is 12.6 Å². The second kappa shape index (κ2) is 8.75. The molecule has 150 valence electrons. The fourth-order valence-electron chi connectivity index (χ4n) is 3.79. The Morgan fingerprint density at radius 2 is 2.14 bits per heavy atom. The fourth-order valence-corrected chi connectivity index (χ4v) is 3.79. The quantitative estimate of drug-likeness (QED) is 0.602. The molecule has 3 aromatic heterocycles. The van der Waals surface area contributed by atoms with Crippen molar-refractivity contribution in [1.29, 1.82) is 0 Å². The topological polar surface area (TPSA) is 68.3 Å². The van der Waals surface area contributed by atoms with Crippen LogP contribution in [-0.4, -0.2) is 58.3 Å². The number of piperidine rings is 1. The second-order valence-corrected chi connectivity index (χ2v) is 7.33. The van der Waals surface area contributed by atoms with Crippen molar-refractivity contribution in [2.45, 2.75) is 39.3 Å². The van der Waals surface area contributed by atoms with Crippen LogP contribution >= 0.6 is 0 Å². The van der Waals surface area contributed by atoms with Crippen LogP contribution < -0.4 is 5.32 Å². The molecule has 4 rings (SSSR count). The summed E-state index contributed by atoms with van der Waals surface area (Å²) in [6, 6.07) is 6.39. The molecule has 0 aromatic carbocycles. The van der Waals surface area contributed by atoms with E-state index in [1.54, 1.807) is 6.26 Å². The summed E-state index contributed by atoms with van der Waals surface area (Å²) in [5, 5.41) is 3.68. The number of fused-ring (bicyclic) bond motifs is 1. The first-order valence-electron chi connectivity index (χ1n) is 10.2. The van der Waals surface area contributed by atoms with Crippen molar-refractivity contribution in [1.82, 2.24) is 19.4 Å². The highest BCUT2D eigenvalue weighted by Gasteiger charge is 2.22. The molecular formula is C21H29N5O2. The third kappa shape index (κ3) is 4.20. The zero-order chi connectivity index (χ0) is 19.3. The summed E-state index contributed by atoms with van der Waals surface area (Å²) in [4.78, 5) is 11.9. The van der Waals surface area contributed by atoms with E-state index >= 15 is 0 Å². The number of nitrogens with zero attached hydrogens (tertiary/aromatic N) is 4. The van der Waals surface area contributed by atoms with Crippen LogP contribution in [0, 0.1) is 6.92 Å². The molecule has 1 aliphatic heterocycles. The van der Waals surface area contributed by atoms with Crippen molar-refractivity contribution in [2.24, 2.45) is 0 Å². The van der Waals surface area contributed by atoms with Crippen LogP contribution in [0.1, 0.15) is 31.1 Å². The number of hydrogen-bond donors (Lipinski definition) is 1. The van der Waals surface area contributed by atoms with E-state index in [0.717, 1.165) is 74.1 Å². The molecule has 0 aliphatic carbocycles. The summed E-state index contributed by atoms with van der Waals surface area (Å²) < 4.78 is 13.1. The molecule has 0 saturated carbocycles. The SMILES string of the molecule is CCOCCN1CCC(Nc2nc3cccnc3n2Cc2ccoc2C)CC1. The van der Waals surface area contributed by atoms with Crippen molar-refractivity contribution >= 4 is 17.1 Å². The summed E-state index contributed by atoms with van der Waals surface area (Å²) in [6.45, 7) is 9.54. The smallest absolute Gasteiger partial charge is 0.205 e. The van der Waals surface area contributed by atoms with Crippen molar-refractivity contribution in [3.05, 3.63) is 42.0 Å². The monoisotopic (exact) mass is 383 g/mol. The van der Waals surface area contributed by atoms with Gasteiger partial charge in [-0.1, -0.05) is 0 Å². The van der Waals surface area contributed by atoms with E-state index in [4.69, 9.17) is 14.1 Å². The van der Waals surface area contributed by atoms with E-state index in [9.17, 15) is 0 Å².